The van der Waals surface area contributed by atoms with Gasteiger partial charge in [-0.15, -0.1) is 0 Å². The lowest BCUT2D eigenvalue weighted by atomic mass is 10.2. The second-order valence-electron chi connectivity index (χ2n) is 5.76. The van der Waals surface area contributed by atoms with Gasteiger partial charge in [-0.25, -0.2) is 14.8 Å². The third-order valence-electron chi connectivity index (χ3n) is 2.42. The number of aromatic nitrogens is 2. The first kappa shape index (κ1) is 16.4. The Morgan fingerprint density at radius 1 is 1.45 bits per heavy atom. The largest absolute Gasteiger partial charge is 0.444 e. The molecule has 1 heterocycles. The summed E-state index contributed by atoms with van der Waals surface area (Å²) in [5.74, 6) is 0.754. The number of carbonyl (C=O) groups excluding carboxylic acids is 1. The first-order valence-electron chi connectivity index (χ1n) is 6.75. The smallest absolute Gasteiger partial charge is 0.407 e. The van der Waals surface area contributed by atoms with E-state index in [1.165, 1.54) is 0 Å². The van der Waals surface area contributed by atoms with E-state index in [2.05, 4.69) is 20.6 Å². The van der Waals surface area contributed by atoms with Gasteiger partial charge in [0.15, 0.2) is 0 Å². The standard InChI is InChI=1S/C14H24N4O2/c1-10(8-17-13(19)20-14(3,4)5)16-9-12-6-7-15-11(2)18-12/h6-7,10,16H,8-9H2,1-5H3,(H,17,19). The predicted octanol–water partition coefficient (Wildman–Crippen LogP) is 1.79. The number of rotatable bonds is 5. The average Bonchev–Trinajstić information content (AvgIpc) is 2.32. The molecule has 0 aliphatic rings. The zero-order chi connectivity index (χ0) is 15.2. The third kappa shape index (κ3) is 7.04. The van der Waals surface area contributed by atoms with Gasteiger partial charge in [-0.05, 0) is 40.7 Å². The topological polar surface area (TPSA) is 76.1 Å². The van der Waals surface area contributed by atoms with Crippen molar-refractivity contribution in [3.05, 3.63) is 23.8 Å². The van der Waals surface area contributed by atoms with Crippen molar-refractivity contribution in [3.8, 4) is 0 Å². The lowest BCUT2D eigenvalue weighted by Crippen LogP contribution is -2.41. The molecule has 1 unspecified atom stereocenters. The Morgan fingerprint density at radius 3 is 2.75 bits per heavy atom. The van der Waals surface area contributed by atoms with E-state index >= 15 is 0 Å². The van der Waals surface area contributed by atoms with E-state index in [0.717, 1.165) is 11.5 Å². The summed E-state index contributed by atoms with van der Waals surface area (Å²) in [4.78, 5) is 19.9. The van der Waals surface area contributed by atoms with Gasteiger partial charge < -0.3 is 15.4 Å². The molecular weight excluding hydrogens is 256 g/mol. The highest BCUT2D eigenvalue weighted by Gasteiger charge is 2.16. The normalized spacial score (nSPS) is 12.8. The second-order valence-corrected chi connectivity index (χ2v) is 5.76. The third-order valence-corrected chi connectivity index (χ3v) is 2.42. The Kier molecular flexibility index (Phi) is 5.88. The van der Waals surface area contributed by atoms with Crippen LogP contribution in [0.5, 0.6) is 0 Å². The molecule has 6 nitrogen and oxygen atoms in total. The fraction of sp³-hybridized carbons (Fsp3) is 0.643. The van der Waals surface area contributed by atoms with Crippen molar-refractivity contribution in [2.75, 3.05) is 6.54 Å². The molecule has 0 aliphatic heterocycles. The molecule has 0 radical (unpaired) electrons. The maximum absolute atomic E-state index is 11.5. The summed E-state index contributed by atoms with van der Waals surface area (Å²) in [6, 6.07) is 1.99. The van der Waals surface area contributed by atoms with Crippen molar-refractivity contribution >= 4 is 6.09 Å². The van der Waals surface area contributed by atoms with E-state index < -0.39 is 11.7 Å². The van der Waals surface area contributed by atoms with Crippen LogP contribution in [0.15, 0.2) is 12.3 Å². The maximum atomic E-state index is 11.5. The van der Waals surface area contributed by atoms with Crippen LogP contribution in [0.25, 0.3) is 0 Å². The van der Waals surface area contributed by atoms with Crippen molar-refractivity contribution in [2.24, 2.45) is 0 Å². The number of hydrogen-bond acceptors (Lipinski definition) is 5. The molecule has 0 aliphatic carbocycles. The van der Waals surface area contributed by atoms with Crippen molar-refractivity contribution < 1.29 is 9.53 Å². The summed E-state index contributed by atoms with van der Waals surface area (Å²) in [6.07, 6.45) is 1.34. The van der Waals surface area contributed by atoms with Gasteiger partial charge in [0.05, 0.1) is 5.69 Å². The first-order chi connectivity index (χ1) is 9.26. The molecule has 112 valence electrons. The number of ether oxygens (including phenoxy) is 1. The molecule has 0 fully saturated rings. The van der Waals surface area contributed by atoms with Crippen LogP contribution in [0, 0.1) is 6.92 Å². The number of nitrogens with zero attached hydrogens (tertiary/aromatic N) is 2. The van der Waals surface area contributed by atoms with Gasteiger partial charge in [0.25, 0.3) is 0 Å². The number of alkyl carbamates (subject to hydrolysis) is 1. The minimum Gasteiger partial charge on any atom is -0.444 e. The van der Waals surface area contributed by atoms with Crippen LogP contribution >= 0.6 is 0 Å². The van der Waals surface area contributed by atoms with Crippen LogP contribution in [0.3, 0.4) is 0 Å². The highest BCUT2D eigenvalue weighted by atomic mass is 16.6. The van der Waals surface area contributed by atoms with Crippen molar-refractivity contribution in [1.29, 1.82) is 0 Å². The molecule has 1 amide bonds. The highest BCUT2D eigenvalue weighted by Crippen LogP contribution is 2.06. The summed E-state index contributed by atoms with van der Waals surface area (Å²) in [5, 5.41) is 6.01. The summed E-state index contributed by atoms with van der Waals surface area (Å²) < 4.78 is 5.17. The van der Waals surface area contributed by atoms with E-state index in [-0.39, 0.29) is 6.04 Å². The number of amides is 1. The molecule has 20 heavy (non-hydrogen) atoms. The first-order valence-corrected chi connectivity index (χ1v) is 6.75. The van der Waals surface area contributed by atoms with Crippen LogP contribution in [-0.4, -0.2) is 34.2 Å². The molecule has 0 bridgehead atoms. The zero-order valence-electron chi connectivity index (χ0n) is 12.9. The Labute approximate surface area is 120 Å². The molecule has 1 aromatic rings. The quantitative estimate of drug-likeness (QED) is 0.860. The Hall–Kier alpha value is -1.69. The van der Waals surface area contributed by atoms with E-state index in [9.17, 15) is 4.79 Å². The highest BCUT2D eigenvalue weighted by molar-refractivity contribution is 5.67. The van der Waals surface area contributed by atoms with Gasteiger partial charge in [0.1, 0.15) is 11.4 Å². The monoisotopic (exact) mass is 280 g/mol. The number of aryl methyl sites for hydroxylation is 1. The van der Waals surface area contributed by atoms with Crippen LogP contribution < -0.4 is 10.6 Å². The number of nitrogens with one attached hydrogen (secondary N) is 2. The average molecular weight is 280 g/mol. The van der Waals surface area contributed by atoms with Gasteiger partial charge in [0.2, 0.25) is 0 Å². The van der Waals surface area contributed by atoms with Gasteiger partial charge >= 0.3 is 6.09 Å². The predicted molar refractivity (Wildman–Crippen MR) is 77.3 cm³/mol. The molecule has 2 N–H and O–H groups in total. The molecule has 0 aromatic carbocycles. The molecule has 0 spiro atoms. The van der Waals surface area contributed by atoms with Crippen molar-refractivity contribution in [1.82, 2.24) is 20.6 Å². The van der Waals surface area contributed by atoms with Crippen molar-refractivity contribution in [3.63, 3.8) is 0 Å². The zero-order valence-corrected chi connectivity index (χ0v) is 12.9. The van der Waals surface area contributed by atoms with Crippen molar-refractivity contribution in [2.45, 2.75) is 52.8 Å². The minimum absolute atomic E-state index is 0.123. The second kappa shape index (κ2) is 7.19. The van der Waals surface area contributed by atoms with E-state index in [1.54, 1.807) is 6.20 Å². The van der Waals surface area contributed by atoms with Crippen LogP contribution in [0.2, 0.25) is 0 Å². The van der Waals surface area contributed by atoms with E-state index in [1.807, 2.05) is 40.7 Å². The lowest BCUT2D eigenvalue weighted by molar-refractivity contribution is 0.0523. The maximum Gasteiger partial charge on any atom is 0.407 e. The summed E-state index contributed by atoms with van der Waals surface area (Å²) in [7, 11) is 0. The Bertz CT molecular complexity index is 443. The molecule has 1 aromatic heterocycles. The number of carbonyl (C=O) groups is 1. The molecule has 6 heteroatoms. The Morgan fingerprint density at radius 2 is 2.15 bits per heavy atom. The fourth-order valence-electron chi connectivity index (χ4n) is 1.51. The van der Waals surface area contributed by atoms with E-state index in [0.29, 0.717) is 13.1 Å². The Balaban J connectivity index is 2.27. The molecule has 0 saturated heterocycles. The number of hydrogen-bond donors (Lipinski definition) is 2. The SMILES string of the molecule is Cc1nccc(CNC(C)CNC(=O)OC(C)(C)C)n1. The van der Waals surface area contributed by atoms with E-state index in [4.69, 9.17) is 4.74 Å². The molecule has 1 rings (SSSR count). The minimum atomic E-state index is -0.473. The lowest BCUT2D eigenvalue weighted by Gasteiger charge is -2.21. The van der Waals surface area contributed by atoms with Gasteiger partial charge in [-0.3, -0.25) is 0 Å². The summed E-state index contributed by atoms with van der Waals surface area (Å²) >= 11 is 0. The summed E-state index contributed by atoms with van der Waals surface area (Å²) in [6.45, 7) is 10.5. The molecular formula is C14H24N4O2. The van der Waals surface area contributed by atoms with Crippen LogP contribution in [-0.2, 0) is 11.3 Å². The van der Waals surface area contributed by atoms with Gasteiger partial charge in [-0.2, -0.15) is 0 Å². The summed E-state index contributed by atoms with van der Waals surface area (Å²) in [5.41, 5.74) is 0.459. The van der Waals surface area contributed by atoms with Crippen LogP contribution in [0.4, 0.5) is 4.79 Å². The van der Waals surface area contributed by atoms with Gasteiger partial charge in [-0.1, -0.05) is 0 Å². The van der Waals surface area contributed by atoms with Gasteiger partial charge in [0, 0.05) is 25.3 Å². The molecule has 1 atom stereocenters. The molecule has 0 saturated carbocycles. The fourth-order valence-corrected chi connectivity index (χ4v) is 1.51. The van der Waals surface area contributed by atoms with Crippen LogP contribution in [0.1, 0.15) is 39.2 Å².